The highest BCUT2D eigenvalue weighted by atomic mass is 16.1. The second-order valence-electron chi connectivity index (χ2n) is 9.91. The average molecular weight is 418 g/mol. The van der Waals surface area contributed by atoms with Gasteiger partial charge in [0.2, 0.25) is 0 Å². The van der Waals surface area contributed by atoms with E-state index in [1.807, 2.05) is 6.07 Å². The number of fused-ring (bicyclic) bond motifs is 2. The predicted molar refractivity (Wildman–Crippen MR) is 124 cm³/mol. The zero-order chi connectivity index (χ0) is 20.9. The summed E-state index contributed by atoms with van der Waals surface area (Å²) in [6, 6.07) is 8.95. The first-order chi connectivity index (χ1) is 15.2. The molecule has 0 radical (unpaired) electrons. The van der Waals surface area contributed by atoms with E-state index in [1.165, 1.54) is 49.8 Å². The van der Waals surface area contributed by atoms with Crippen LogP contribution in [0.4, 0.5) is 11.5 Å². The van der Waals surface area contributed by atoms with E-state index in [0.29, 0.717) is 23.2 Å². The van der Waals surface area contributed by atoms with Crippen LogP contribution in [0.1, 0.15) is 62.6 Å². The number of H-pyrrole nitrogens is 1. The number of nitrogens with zero attached hydrogens (tertiary/aromatic N) is 3. The summed E-state index contributed by atoms with van der Waals surface area (Å²) in [4.78, 5) is 18.2. The molecule has 2 aliphatic carbocycles. The van der Waals surface area contributed by atoms with Gasteiger partial charge in [0, 0.05) is 31.5 Å². The molecule has 2 saturated carbocycles. The minimum absolute atomic E-state index is 0.0773. The van der Waals surface area contributed by atoms with Crippen molar-refractivity contribution < 1.29 is 0 Å². The van der Waals surface area contributed by atoms with Crippen LogP contribution in [-0.4, -0.2) is 26.2 Å². The van der Waals surface area contributed by atoms with Gasteiger partial charge in [-0.15, -0.1) is 0 Å². The van der Waals surface area contributed by atoms with Crippen molar-refractivity contribution in [1.29, 1.82) is 0 Å². The number of rotatable bonds is 5. The Morgan fingerprint density at radius 1 is 1.10 bits per heavy atom. The number of pyridine rings is 1. The first kappa shape index (κ1) is 19.1. The molecular weight excluding hydrogens is 386 g/mol. The number of aromatic amines is 1. The molecule has 3 aromatic rings. The molecule has 3 aliphatic rings. The van der Waals surface area contributed by atoms with E-state index in [4.69, 9.17) is 5.10 Å². The van der Waals surface area contributed by atoms with Gasteiger partial charge in [-0.05, 0) is 66.8 Å². The van der Waals surface area contributed by atoms with Gasteiger partial charge in [0.05, 0.1) is 11.6 Å². The molecule has 2 atom stereocenters. The number of hydrogen-bond acceptors (Lipinski definition) is 4. The lowest BCUT2D eigenvalue weighted by atomic mass is 9.86. The van der Waals surface area contributed by atoms with Gasteiger partial charge in [0.1, 0.15) is 5.39 Å². The van der Waals surface area contributed by atoms with Crippen LogP contribution in [0.2, 0.25) is 0 Å². The number of nitrogens with one attached hydrogen (secondary N) is 2. The van der Waals surface area contributed by atoms with Crippen LogP contribution in [0, 0.1) is 11.8 Å². The van der Waals surface area contributed by atoms with Gasteiger partial charge in [-0.1, -0.05) is 25.8 Å². The minimum Gasteiger partial charge on any atom is -0.338 e. The molecule has 1 aromatic carbocycles. The van der Waals surface area contributed by atoms with E-state index >= 15 is 0 Å². The summed E-state index contributed by atoms with van der Waals surface area (Å²) >= 11 is 0. The van der Waals surface area contributed by atoms with E-state index in [9.17, 15) is 4.79 Å². The molecule has 0 bridgehead atoms. The molecule has 1 aliphatic heterocycles. The van der Waals surface area contributed by atoms with Crippen LogP contribution < -0.4 is 10.9 Å². The maximum Gasteiger partial charge on any atom is 0.261 e. The summed E-state index contributed by atoms with van der Waals surface area (Å²) in [5.74, 6) is 2.15. The number of aromatic nitrogens is 3. The largest absolute Gasteiger partial charge is 0.338 e. The molecule has 6 nitrogen and oxygen atoms in total. The average Bonchev–Trinajstić information content (AvgIpc) is 3.36. The van der Waals surface area contributed by atoms with Crippen molar-refractivity contribution in [3.63, 3.8) is 0 Å². The summed E-state index contributed by atoms with van der Waals surface area (Å²) in [5, 5.41) is 9.10. The molecule has 6 heteroatoms. The maximum absolute atomic E-state index is 12.8. The number of anilines is 2. The Bertz CT molecular complexity index is 1170. The zero-order valence-corrected chi connectivity index (χ0v) is 18.2. The fourth-order valence-electron chi connectivity index (χ4n) is 5.57. The van der Waals surface area contributed by atoms with Crippen molar-refractivity contribution in [1.82, 2.24) is 19.7 Å². The molecule has 162 valence electrons. The second kappa shape index (κ2) is 7.52. The van der Waals surface area contributed by atoms with E-state index in [2.05, 4.69) is 45.0 Å². The highest BCUT2D eigenvalue weighted by Crippen LogP contribution is 2.37. The summed E-state index contributed by atoms with van der Waals surface area (Å²) in [5.41, 5.74) is 4.69. The van der Waals surface area contributed by atoms with E-state index in [1.54, 1.807) is 6.20 Å². The fraction of sp³-hybridized carbons (Fsp3) is 0.520. The third kappa shape index (κ3) is 3.57. The van der Waals surface area contributed by atoms with Crippen LogP contribution in [0.15, 0.2) is 35.3 Å². The van der Waals surface area contributed by atoms with E-state index in [-0.39, 0.29) is 5.56 Å². The van der Waals surface area contributed by atoms with Crippen LogP contribution in [0.5, 0.6) is 0 Å². The van der Waals surface area contributed by atoms with Crippen LogP contribution in [0.3, 0.4) is 0 Å². The van der Waals surface area contributed by atoms with Gasteiger partial charge < -0.3 is 10.3 Å². The standard InChI is InChI=1S/C25H31N5O/c1-16-4-2-3-5-21(16)30-22-10-11-26-25(31)23(22)24(28-30)27-20-9-8-18-14-29(13-17-6-7-17)15-19(18)12-20/h8-12,16-17,21H,2-7,13-15H2,1H3,(H,26,31)(H,27,28)/t16-,21-/m0/s1. The Balaban J connectivity index is 1.32. The Hall–Kier alpha value is -2.60. The van der Waals surface area contributed by atoms with Crippen molar-refractivity contribution in [2.75, 3.05) is 11.9 Å². The van der Waals surface area contributed by atoms with E-state index < -0.39 is 0 Å². The van der Waals surface area contributed by atoms with Crippen molar-refractivity contribution in [2.24, 2.45) is 11.8 Å². The molecule has 2 N–H and O–H groups in total. The molecule has 3 heterocycles. The monoisotopic (exact) mass is 417 g/mol. The Morgan fingerprint density at radius 2 is 1.94 bits per heavy atom. The van der Waals surface area contributed by atoms with E-state index in [0.717, 1.165) is 36.6 Å². The Kier molecular flexibility index (Phi) is 4.64. The second-order valence-corrected chi connectivity index (χ2v) is 9.91. The number of hydrogen-bond donors (Lipinski definition) is 2. The van der Waals surface area contributed by atoms with Crippen LogP contribution in [0.25, 0.3) is 10.9 Å². The first-order valence-corrected chi connectivity index (χ1v) is 11.9. The highest BCUT2D eigenvalue weighted by Gasteiger charge is 2.29. The van der Waals surface area contributed by atoms with Gasteiger partial charge in [-0.3, -0.25) is 14.4 Å². The van der Waals surface area contributed by atoms with Gasteiger partial charge in [-0.25, -0.2) is 0 Å². The third-order valence-electron chi connectivity index (χ3n) is 7.48. The quantitative estimate of drug-likeness (QED) is 0.617. The zero-order valence-electron chi connectivity index (χ0n) is 18.2. The lowest BCUT2D eigenvalue weighted by Crippen LogP contribution is -2.22. The molecule has 2 aromatic heterocycles. The fourth-order valence-corrected chi connectivity index (χ4v) is 5.57. The minimum atomic E-state index is -0.0773. The van der Waals surface area contributed by atoms with Crippen molar-refractivity contribution >= 4 is 22.4 Å². The number of benzene rings is 1. The lowest BCUT2D eigenvalue weighted by Gasteiger charge is -2.29. The Morgan fingerprint density at radius 3 is 2.77 bits per heavy atom. The molecule has 0 amide bonds. The predicted octanol–water partition coefficient (Wildman–Crippen LogP) is 4.95. The highest BCUT2D eigenvalue weighted by molar-refractivity contribution is 5.91. The molecule has 2 fully saturated rings. The topological polar surface area (TPSA) is 66.0 Å². The summed E-state index contributed by atoms with van der Waals surface area (Å²) < 4.78 is 2.11. The molecule has 31 heavy (non-hydrogen) atoms. The Labute approximate surface area is 182 Å². The van der Waals surface area contributed by atoms with Gasteiger partial charge >= 0.3 is 0 Å². The van der Waals surface area contributed by atoms with Gasteiger partial charge in [0.25, 0.3) is 5.56 Å². The third-order valence-corrected chi connectivity index (χ3v) is 7.48. The molecule has 6 rings (SSSR count). The summed E-state index contributed by atoms with van der Waals surface area (Å²) in [6.07, 6.45) is 9.39. The summed E-state index contributed by atoms with van der Waals surface area (Å²) in [7, 11) is 0. The molecule has 0 unspecified atom stereocenters. The van der Waals surface area contributed by atoms with Gasteiger partial charge in [0.15, 0.2) is 5.82 Å². The maximum atomic E-state index is 12.8. The SMILES string of the molecule is C[C@H]1CCCC[C@@H]1n1nc(Nc2ccc3c(c2)CN(CC2CC2)C3)c2c(=O)[nH]ccc21. The van der Waals surface area contributed by atoms with Crippen molar-refractivity contribution in [2.45, 2.75) is 64.6 Å². The molecule has 0 spiro atoms. The molecule has 0 saturated heterocycles. The molecular formula is C25H31N5O. The lowest BCUT2D eigenvalue weighted by molar-refractivity contribution is 0.246. The van der Waals surface area contributed by atoms with Crippen LogP contribution >= 0.6 is 0 Å². The summed E-state index contributed by atoms with van der Waals surface area (Å²) in [6.45, 7) is 5.62. The normalized spacial score (nSPS) is 23.9. The van der Waals surface area contributed by atoms with Gasteiger partial charge in [-0.2, -0.15) is 5.10 Å². The van der Waals surface area contributed by atoms with Crippen LogP contribution in [-0.2, 0) is 13.1 Å². The van der Waals surface area contributed by atoms with Crippen molar-refractivity contribution in [3.8, 4) is 0 Å². The van der Waals surface area contributed by atoms with Crippen molar-refractivity contribution in [3.05, 3.63) is 51.9 Å². The first-order valence-electron chi connectivity index (χ1n) is 11.9. The smallest absolute Gasteiger partial charge is 0.261 e.